The molecule has 0 saturated carbocycles. The van der Waals surface area contributed by atoms with Crippen LogP contribution in [0.25, 0.3) is 0 Å². The SMILES string of the molecule is CC(C)CC(=O)N[C@@H](C(=O)O)c1ccccc1Cl. The molecule has 0 aromatic heterocycles. The summed E-state index contributed by atoms with van der Waals surface area (Å²) >= 11 is 5.94. The van der Waals surface area contributed by atoms with Crippen molar-refractivity contribution < 1.29 is 14.7 Å². The summed E-state index contributed by atoms with van der Waals surface area (Å²) in [6.45, 7) is 3.79. The Bertz CT molecular complexity index is 446. The van der Waals surface area contributed by atoms with Gasteiger partial charge in [-0.15, -0.1) is 0 Å². The zero-order valence-corrected chi connectivity index (χ0v) is 11.1. The number of aliphatic carboxylic acids is 1. The van der Waals surface area contributed by atoms with Gasteiger partial charge in [-0.3, -0.25) is 4.79 Å². The summed E-state index contributed by atoms with van der Waals surface area (Å²) in [6, 6.07) is 5.48. The maximum Gasteiger partial charge on any atom is 0.330 e. The fraction of sp³-hybridized carbons (Fsp3) is 0.385. The fourth-order valence-electron chi connectivity index (χ4n) is 1.57. The van der Waals surface area contributed by atoms with Gasteiger partial charge in [0, 0.05) is 17.0 Å². The molecule has 0 saturated heterocycles. The van der Waals surface area contributed by atoms with Crippen LogP contribution >= 0.6 is 11.6 Å². The molecular weight excluding hydrogens is 254 g/mol. The van der Waals surface area contributed by atoms with Gasteiger partial charge >= 0.3 is 5.97 Å². The Morgan fingerprint density at radius 2 is 1.94 bits per heavy atom. The lowest BCUT2D eigenvalue weighted by molar-refractivity contribution is -0.142. The third-order valence-corrected chi connectivity index (χ3v) is 2.71. The van der Waals surface area contributed by atoms with Gasteiger partial charge in [0.15, 0.2) is 6.04 Å². The van der Waals surface area contributed by atoms with Gasteiger partial charge in [0.25, 0.3) is 0 Å². The first-order valence-electron chi connectivity index (χ1n) is 5.68. The van der Waals surface area contributed by atoms with Crippen molar-refractivity contribution in [1.82, 2.24) is 5.32 Å². The zero-order chi connectivity index (χ0) is 13.7. The molecule has 1 aromatic rings. The third-order valence-electron chi connectivity index (χ3n) is 2.36. The highest BCUT2D eigenvalue weighted by Crippen LogP contribution is 2.23. The van der Waals surface area contributed by atoms with Crippen LogP contribution in [0.2, 0.25) is 5.02 Å². The summed E-state index contributed by atoms with van der Waals surface area (Å²) in [5.74, 6) is -1.25. The lowest BCUT2D eigenvalue weighted by Gasteiger charge is -2.16. The molecule has 5 heteroatoms. The first kappa shape index (κ1) is 14.5. The molecule has 0 spiro atoms. The van der Waals surface area contributed by atoms with Crippen LogP contribution in [0.5, 0.6) is 0 Å². The van der Waals surface area contributed by atoms with Crippen LogP contribution in [0.3, 0.4) is 0 Å². The number of halogens is 1. The molecule has 0 fully saturated rings. The van der Waals surface area contributed by atoms with E-state index in [9.17, 15) is 9.59 Å². The molecule has 98 valence electrons. The number of carbonyl (C=O) groups is 2. The number of rotatable bonds is 5. The van der Waals surface area contributed by atoms with Crippen molar-refractivity contribution in [3.05, 3.63) is 34.9 Å². The number of carboxylic acids is 1. The lowest BCUT2D eigenvalue weighted by Crippen LogP contribution is -2.34. The fourth-order valence-corrected chi connectivity index (χ4v) is 1.82. The normalized spacial score (nSPS) is 12.2. The van der Waals surface area contributed by atoms with E-state index in [1.807, 2.05) is 13.8 Å². The van der Waals surface area contributed by atoms with E-state index in [-0.39, 0.29) is 18.2 Å². The van der Waals surface area contributed by atoms with Crippen molar-refractivity contribution in [3.8, 4) is 0 Å². The van der Waals surface area contributed by atoms with Crippen molar-refractivity contribution in [1.29, 1.82) is 0 Å². The van der Waals surface area contributed by atoms with Gasteiger partial charge < -0.3 is 10.4 Å². The highest BCUT2D eigenvalue weighted by atomic mass is 35.5. The highest BCUT2D eigenvalue weighted by molar-refractivity contribution is 6.31. The molecule has 18 heavy (non-hydrogen) atoms. The van der Waals surface area contributed by atoms with Crippen molar-refractivity contribution >= 4 is 23.5 Å². The largest absolute Gasteiger partial charge is 0.479 e. The summed E-state index contributed by atoms with van der Waals surface area (Å²) < 4.78 is 0. The number of hydrogen-bond donors (Lipinski definition) is 2. The van der Waals surface area contributed by atoms with Gasteiger partial charge in [-0.2, -0.15) is 0 Å². The summed E-state index contributed by atoms with van der Waals surface area (Å²) in [4.78, 5) is 22.8. The molecule has 1 rings (SSSR count). The van der Waals surface area contributed by atoms with E-state index in [0.29, 0.717) is 10.6 Å². The highest BCUT2D eigenvalue weighted by Gasteiger charge is 2.24. The summed E-state index contributed by atoms with van der Waals surface area (Å²) in [6.07, 6.45) is 0.286. The molecule has 0 heterocycles. The van der Waals surface area contributed by atoms with Gasteiger partial charge in [0.2, 0.25) is 5.91 Å². The van der Waals surface area contributed by atoms with Crippen LogP contribution < -0.4 is 5.32 Å². The average Bonchev–Trinajstić information content (AvgIpc) is 2.25. The summed E-state index contributed by atoms with van der Waals surface area (Å²) in [7, 11) is 0. The van der Waals surface area contributed by atoms with Crippen molar-refractivity contribution in [2.24, 2.45) is 5.92 Å². The van der Waals surface area contributed by atoms with Crippen LogP contribution in [0, 0.1) is 5.92 Å². The Morgan fingerprint density at radius 3 is 2.44 bits per heavy atom. The van der Waals surface area contributed by atoms with Crippen LogP contribution in [0.1, 0.15) is 31.9 Å². The molecular formula is C13H16ClNO3. The van der Waals surface area contributed by atoms with Crippen molar-refractivity contribution in [2.45, 2.75) is 26.3 Å². The van der Waals surface area contributed by atoms with Gasteiger partial charge in [0.05, 0.1) is 0 Å². The topological polar surface area (TPSA) is 66.4 Å². The quantitative estimate of drug-likeness (QED) is 0.863. The van der Waals surface area contributed by atoms with Crippen molar-refractivity contribution in [2.75, 3.05) is 0 Å². The molecule has 4 nitrogen and oxygen atoms in total. The van der Waals surface area contributed by atoms with Crippen molar-refractivity contribution in [3.63, 3.8) is 0 Å². The molecule has 0 aliphatic heterocycles. The Balaban J connectivity index is 2.88. The van der Waals surface area contributed by atoms with E-state index in [4.69, 9.17) is 16.7 Å². The second kappa shape index (κ2) is 6.40. The Hall–Kier alpha value is -1.55. The van der Waals surface area contributed by atoms with Gasteiger partial charge in [-0.05, 0) is 12.0 Å². The third kappa shape index (κ3) is 4.04. The summed E-state index contributed by atoms with van der Waals surface area (Å²) in [5, 5.41) is 12.0. The minimum atomic E-state index is -1.12. The molecule has 0 aliphatic carbocycles. The van der Waals surface area contributed by atoms with Crippen LogP contribution in [0.4, 0.5) is 0 Å². The first-order valence-corrected chi connectivity index (χ1v) is 6.06. The van der Waals surface area contributed by atoms with Gasteiger partial charge in [-0.25, -0.2) is 4.79 Å². The first-order chi connectivity index (χ1) is 8.41. The zero-order valence-electron chi connectivity index (χ0n) is 10.3. The molecule has 0 bridgehead atoms. The average molecular weight is 270 g/mol. The molecule has 0 aliphatic rings. The second-order valence-corrected chi connectivity index (χ2v) is 4.87. The van der Waals surface area contributed by atoms with Crippen LogP contribution in [-0.2, 0) is 9.59 Å². The van der Waals surface area contributed by atoms with E-state index in [0.717, 1.165) is 0 Å². The minimum Gasteiger partial charge on any atom is -0.479 e. The molecule has 2 N–H and O–H groups in total. The van der Waals surface area contributed by atoms with Gasteiger partial charge in [0.1, 0.15) is 0 Å². The van der Waals surface area contributed by atoms with E-state index < -0.39 is 12.0 Å². The van der Waals surface area contributed by atoms with Crippen LogP contribution in [0.15, 0.2) is 24.3 Å². The lowest BCUT2D eigenvalue weighted by atomic mass is 10.1. The Labute approximate surface area is 111 Å². The number of benzene rings is 1. The summed E-state index contributed by atoms with van der Waals surface area (Å²) in [5.41, 5.74) is 0.392. The number of amides is 1. The maximum absolute atomic E-state index is 11.6. The number of nitrogens with one attached hydrogen (secondary N) is 1. The standard InChI is InChI=1S/C13H16ClNO3/c1-8(2)7-11(16)15-12(13(17)18)9-5-3-4-6-10(9)14/h3-6,8,12H,7H2,1-2H3,(H,15,16)(H,17,18)/t12-/m1/s1. The Morgan fingerprint density at radius 1 is 1.33 bits per heavy atom. The monoisotopic (exact) mass is 269 g/mol. The molecule has 0 radical (unpaired) electrons. The molecule has 1 aromatic carbocycles. The maximum atomic E-state index is 11.6. The van der Waals surface area contributed by atoms with Crippen LogP contribution in [-0.4, -0.2) is 17.0 Å². The van der Waals surface area contributed by atoms with E-state index in [1.165, 1.54) is 0 Å². The number of carbonyl (C=O) groups excluding carboxylic acids is 1. The minimum absolute atomic E-state index is 0.172. The molecule has 1 atom stereocenters. The Kier molecular flexibility index (Phi) is 5.16. The van der Waals surface area contributed by atoms with E-state index >= 15 is 0 Å². The molecule has 0 unspecified atom stereocenters. The predicted octanol–water partition coefficient (Wildman–Crippen LogP) is 2.63. The van der Waals surface area contributed by atoms with E-state index in [1.54, 1.807) is 24.3 Å². The second-order valence-electron chi connectivity index (χ2n) is 4.46. The smallest absolute Gasteiger partial charge is 0.330 e. The van der Waals surface area contributed by atoms with E-state index in [2.05, 4.69) is 5.32 Å². The van der Waals surface area contributed by atoms with Gasteiger partial charge in [-0.1, -0.05) is 43.6 Å². The number of hydrogen-bond acceptors (Lipinski definition) is 2. The number of carboxylic acid groups (broad SMARTS) is 1. The molecule has 1 amide bonds. The predicted molar refractivity (Wildman–Crippen MR) is 69.4 cm³/mol.